The van der Waals surface area contributed by atoms with Crippen LogP contribution in [0.3, 0.4) is 0 Å². The van der Waals surface area contributed by atoms with E-state index in [2.05, 4.69) is 55.7 Å². The number of thiocarbonyl (C=S) groups is 1. The number of carbonyl (C=O) groups excluding carboxylic acids is 1. The van der Waals surface area contributed by atoms with Gasteiger partial charge in [-0.05, 0) is 54.7 Å². The van der Waals surface area contributed by atoms with Crippen molar-refractivity contribution in [2.75, 3.05) is 11.9 Å². The van der Waals surface area contributed by atoms with Crippen LogP contribution in [0.2, 0.25) is 0 Å². The van der Waals surface area contributed by atoms with Crippen LogP contribution in [0, 0.1) is 0 Å². The van der Waals surface area contributed by atoms with Crippen LogP contribution in [0.5, 0.6) is 0 Å². The van der Waals surface area contributed by atoms with Crippen LogP contribution in [0.1, 0.15) is 61.1 Å². The summed E-state index contributed by atoms with van der Waals surface area (Å²) < 4.78 is 5.24. The van der Waals surface area contributed by atoms with Crippen molar-refractivity contribution in [1.29, 1.82) is 0 Å². The Morgan fingerprint density at radius 3 is 2.29 bits per heavy atom. The Balaban J connectivity index is 1.76. The first kappa shape index (κ1) is 23.0. The molecule has 6 heteroatoms. The SMILES string of the molecule is CCOC(=O)c1cc(-c2ccccc2)sc1NC(=S)NC(C)c1ccc(C(C)C)cc1. The van der Waals surface area contributed by atoms with E-state index in [-0.39, 0.29) is 12.0 Å². The van der Waals surface area contributed by atoms with Gasteiger partial charge in [-0.25, -0.2) is 4.79 Å². The lowest BCUT2D eigenvalue weighted by Crippen LogP contribution is -2.31. The maximum absolute atomic E-state index is 12.5. The lowest BCUT2D eigenvalue weighted by atomic mass is 10.00. The van der Waals surface area contributed by atoms with Crippen LogP contribution in [-0.4, -0.2) is 17.7 Å². The first-order valence-corrected chi connectivity index (χ1v) is 11.6. The lowest BCUT2D eigenvalue weighted by Gasteiger charge is -2.18. The van der Waals surface area contributed by atoms with Crippen molar-refractivity contribution >= 4 is 39.6 Å². The van der Waals surface area contributed by atoms with Crippen molar-refractivity contribution in [1.82, 2.24) is 5.32 Å². The van der Waals surface area contributed by atoms with Gasteiger partial charge in [0.25, 0.3) is 0 Å². The predicted molar refractivity (Wildman–Crippen MR) is 134 cm³/mol. The van der Waals surface area contributed by atoms with Gasteiger partial charge in [-0.3, -0.25) is 0 Å². The summed E-state index contributed by atoms with van der Waals surface area (Å²) in [5, 5.41) is 7.67. The third-order valence-corrected chi connectivity index (χ3v) is 6.28. The molecule has 0 saturated carbocycles. The summed E-state index contributed by atoms with van der Waals surface area (Å²) in [5.41, 5.74) is 3.99. The van der Waals surface area contributed by atoms with E-state index in [9.17, 15) is 4.79 Å². The molecule has 0 aliphatic heterocycles. The van der Waals surface area contributed by atoms with E-state index < -0.39 is 0 Å². The van der Waals surface area contributed by atoms with E-state index in [1.54, 1.807) is 6.92 Å². The Bertz CT molecular complexity index is 1030. The molecule has 0 bridgehead atoms. The molecule has 3 rings (SSSR count). The molecular weight excluding hydrogens is 424 g/mol. The van der Waals surface area contributed by atoms with Gasteiger partial charge in [0.2, 0.25) is 0 Å². The highest BCUT2D eigenvalue weighted by atomic mass is 32.1. The molecule has 1 atom stereocenters. The number of nitrogens with one attached hydrogen (secondary N) is 2. The van der Waals surface area contributed by atoms with Crippen LogP contribution in [-0.2, 0) is 4.74 Å². The van der Waals surface area contributed by atoms with E-state index >= 15 is 0 Å². The number of hydrogen-bond donors (Lipinski definition) is 2. The summed E-state index contributed by atoms with van der Waals surface area (Å²) in [6.45, 7) is 8.55. The molecule has 31 heavy (non-hydrogen) atoms. The van der Waals surface area contributed by atoms with Crippen LogP contribution in [0.25, 0.3) is 10.4 Å². The van der Waals surface area contributed by atoms with Gasteiger partial charge < -0.3 is 15.4 Å². The molecule has 1 heterocycles. The number of rotatable bonds is 7. The maximum Gasteiger partial charge on any atom is 0.341 e. The zero-order valence-corrected chi connectivity index (χ0v) is 19.9. The quantitative estimate of drug-likeness (QED) is 0.306. The lowest BCUT2D eigenvalue weighted by molar-refractivity contribution is 0.0528. The second kappa shape index (κ2) is 10.6. The monoisotopic (exact) mass is 452 g/mol. The molecule has 1 unspecified atom stereocenters. The smallest absolute Gasteiger partial charge is 0.341 e. The third-order valence-electron chi connectivity index (χ3n) is 4.96. The molecule has 2 aromatic carbocycles. The zero-order chi connectivity index (χ0) is 22.4. The van der Waals surface area contributed by atoms with Gasteiger partial charge in [-0.2, -0.15) is 0 Å². The van der Waals surface area contributed by atoms with Gasteiger partial charge in [0.1, 0.15) is 5.00 Å². The predicted octanol–water partition coefficient (Wildman–Crippen LogP) is 6.76. The average molecular weight is 453 g/mol. The molecule has 0 aliphatic rings. The molecule has 3 aromatic rings. The van der Waals surface area contributed by atoms with E-state index in [0.29, 0.717) is 28.2 Å². The average Bonchev–Trinajstić information content (AvgIpc) is 3.18. The van der Waals surface area contributed by atoms with E-state index in [4.69, 9.17) is 17.0 Å². The summed E-state index contributed by atoms with van der Waals surface area (Å²) in [6, 6.07) is 20.4. The van der Waals surface area contributed by atoms with E-state index in [1.165, 1.54) is 16.9 Å². The zero-order valence-electron chi connectivity index (χ0n) is 18.3. The minimum atomic E-state index is -0.358. The van der Waals surface area contributed by atoms with Crippen LogP contribution >= 0.6 is 23.6 Å². The highest BCUT2D eigenvalue weighted by Crippen LogP contribution is 2.36. The van der Waals surface area contributed by atoms with Crippen LogP contribution in [0.15, 0.2) is 60.7 Å². The summed E-state index contributed by atoms with van der Waals surface area (Å²) in [7, 11) is 0. The molecule has 0 fully saturated rings. The topological polar surface area (TPSA) is 50.4 Å². The Kier molecular flexibility index (Phi) is 7.82. The molecule has 0 spiro atoms. The number of esters is 1. The molecule has 4 nitrogen and oxygen atoms in total. The highest BCUT2D eigenvalue weighted by molar-refractivity contribution is 7.80. The number of benzene rings is 2. The second-order valence-electron chi connectivity index (χ2n) is 7.58. The molecule has 162 valence electrons. The van der Waals surface area contributed by atoms with Gasteiger partial charge in [0.15, 0.2) is 5.11 Å². The van der Waals surface area contributed by atoms with E-state index in [1.807, 2.05) is 36.4 Å². The molecule has 2 N–H and O–H groups in total. The molecular formula is C25H28N2O2S2. The van der Waals surface area contributed by atoms with Crippen molar-refractivity contribution in [2.24, 2.45) is 0 Å². The Morgan fingerprint density at radius 1 is 1.03 bits per heavy atom. The van der Waals surface area contributed by atoms with Crippen LogP contribution in [0.4, 0.5) is 5.00 Å². The van der Waals surface area contributed by atoms with Crippen molar-refractivity contribution in [3.8, 4) is 10.4 Å². The Labute approximate surface area is 193 Å². The molecule has 0 radical (unpaired) electrons. The fourth-order valence-corrected chi connectivity index (χ4v) is 4.58. The first-order chi connectivity index (χ1) is 14.9. The van der Waals surface area contributed by atoms with E-state index in [0.717, 1.165) is 16.0 Å². The van der Waals surface area contributed by atoms with Gasteiger partial charge >= 0.3 is 5.97 Å². The summed E-state index contributed by atoms with van der Waals surface area (Å²) in [5.74, 6) is 0.141. The number of hydrogen-bond acceptors (Lipinski definition) is 4. The molecule has 0 amide bonds. The van der Waals surface area contributed by atoms with Crippen molar-refractivity contribution in [3.63, 3.8) is 0 Å². The molecule has 0 aliphatic carbocycles. The number of anilines is 1. The maximum atomic E-state index is 12.5. The molecule has 0 saturated heterocycles. The largest absolute Gasteiger partial charge is 0.462 e. The minimum Gasteiger partial charge on any atom is -0.462 e. The minimum absolute atomic E-state index is 0.0285. The fourth-order valence-electron chi connectivity index (χ4n) is 3.18. The standard InChI is InChI=1S/C25H28N2O2S2/c1-5-29-24(28)21-15-22(20-9-7-6-8-10-20)31-23(21)27-25(30)26-17(4)19-13-11-18(12-14-19)16(2)3/h6-17H,5H2,1-4H3,(H2,26,27,30). The normalized spacial score (nSPS) is 11.8. The molecule has 1 aromatic heterocycles. The number of thiophene rings is 1. The third kappa shape index (κ3) is 5.93. The highest BCUT2D eigenvalue weighted by Gasteiger charge is 2.19. The Morgan fingerprint density at radius 2 is 1.68 bits per heavy atom. The summed E-state index contributed by atoms with van der Waals surface area (Å²) >= 11 is 7.03. The van der Waals surface area contributed by atoms with Gasteiger partial charge in [0, 0.05) is 4.88 Å². The number of ether oxygens (including phenoxy) is 1. The number of carbonyl (C=O) groups is 1. The van der Waals surface area contributed by atoms with Gasteiger partial charge in [-0.1, -0.05) is 68.4 Å². The summed E-state index contributed by atoms with van der Waals surface area (Å²) in [6.07, 6.45) is 0. The second-order valence-corrected chi connectivity index (χ2v) is 9.04. The summed E-state index contributed by atoms with van der Waals surface area (Å²) in [4.78, 5) is 13.5. The van der Waals surface area contributed by atoms with Gasteiger partial charge in [-0.15, -0.1) is 11.3 Å². The van der Waals surface area contributed by atoms with Crippen molar-refractivity contribution in [2.45, 2.75) is 39.7 Å². The van der Waals surface area contributed by atoms with Crippen LogP contribution < -0.4 is 10.6 Å². The van der Waals surface area contributed by atoms with Crippen molar-refractivity contribution in [3.05, 3.63) is 77.4 Å². The first-order valence-electron chi connectivity index (χ1n) is 10.4. The van der Waals surface area contributed by atoms with Crippen molar-refractivity contribution < 1.29 is 9.53 Å². The fraction of sp³-hybridized carbons (Fsp3) is 0.280. The Hall–Kier alpha value is -2.70. The van der Waals surface area contributed by atoms with Gasteiger partial charge in [0.05, 0.1) is 18.2 Å².